The lowest BCUT2D eigenvalue weighted by Crippen LogP contribution is -2.36. The maximum atomic E-state index is 12.3. The third-order valence-electron chi connectivity index (χ3n) is 4.53. The lowest BCUT2D eigenvalue weighted by Gasteiger charge is -2.25. The van der Waals surface area contributed by atoms with Gasteiger partial charge < -0.3 is 14.5 Å². The van der Waals surface area contributed by atoms with Crippen molar-refractivity contribution in [3.63, 3.8) is 0 Å². The Kier molecular flexibility index (Phi) is 4.23. The molecule has 2 aliphatic rings. The van der Waals surface area contributed by atoms with E-state index in [2.05, 4.69) is 28.2 Å². The van der Waals surface area contributed by atoms with E-state index in [1.165, 1.54) is 16.0 Å². The molecule has 1 unspecified atom stereocenters. The van der Waals surface area contributed by atoms with E-state index >= 15 is 0 Å². The molecule has 0 radical (unpaired) electrons. The van der Waals surface area contributed by atoms with Crippen molar-refractivity contribution in [3.8, 4) is 10.4 Å². The molecule has 2 aliphatic heterocycles. The van der Waals surface area contributed by atoms with E-state index < -0.39 is 5.60 Å². The van der Waals surface area contributed by atoms with Gasteiger partial charge in [-0.1, -0.05) is 41.7 Å². The van der Waals surface area contributed by atoms with Crippen LogP contribution in [-0.2, 0) is 4.74 Å². The average molecular weight is 369 g/mol. The molecule has 0 aliphatic carbocycles. The molecule has 1 saturated heterocycles. The number of rotatable bonds is 2. The molecule has 136 valence electrons. The summed E-state index contributed by atoms with van der Waals surface area (Å²) in [6, 6.07) is 10.3. The van der Waals surface area contributed by atoms with Gasteiger partial charge in [0, 0.05) is 37.9 Å². The summed E-state index contributed by atoms with van der Waals surface area (Å²) in [5.74, 6) is 0.367. The third kappa shape index (κ3) is 3.46. The zero-order chi connectivity index (χ0) is 18.3. The normalized spacial score (nSPS) is 19.5. The van der Waals surface area contributed by atoms with Crippen LogP contribution in [-0.4, -0.2) is 41.2 Å². The number of anilines is 1. The second-order valence-corrected chi connectivity index (χ2v) is 8.80. The minimum Gasteiger partial charge on any atom is -0.444 e. The van der Waals surface area contributed by atoms with Gasteiger partial charge in [0.1, 0.15) is 5.60 Å². The summed E-state index contributed by atoms with van der Waals surface area (Å²) in [5.41, 5.74) is 2.02. The molecule has 4 rings (SSSR count). The van der Waals surface area contributed by atoms with Gasteiger partial charge in [-0.2, -0.15) is 0 Å². The first-order chi connectivity index (χ1) is 12.4. The number of carbonyl (C=O) groups excluding carboxylic acids is 1. The van der Waals surface area contributed by atoms with Gasteiger partial charge in [-0.15, -0.1) is 0 Å². The lowest BCUT2D eigenvalue weighted by molar-refractivity contribution is 0.0291. The number of nitrogens with zero attached hydrogens (tertiary/aromatic N) is 3. The van der Waals surface area contributed by atoms with Crippen molar-refractivity contribution < 1.29 is 9.53 Å². The van der Waals surface area contributed by atoms with Gasteiger partial charge in [-0.05, 0) is 31.9 Å². The largest absolute Gasteiger partial charge is 0.444 e. The Bertz CT molecular complexity index is 838. The van der Waals surface area contributed by atoms with Crippen molar-refractivity contribution in [1.29, 1.82) is 0 Å². The molecular weight excluding hydrogens is 346 g/mol. The monoisotopic (exact) mass is 369 g/mol. The highest BCUT2D eigenvalue weighted by molar-refractivity contribution is 7.18. The summed E-state index contributed by atoms with van der Waals surface area (Å²) in [7, 11) is 0. The Hall–Kier alpha value is -2.34. The van der Waals surface area contributed by atoms with Crippen LogP contribution < -0.4 is 4.90 Å². The molecule has 1 aromatic carbocycles. The summed E-state index contributed by atoms with van der Waals surface area (Å²) in [5, 5.41) is 1.01. The van der Waals surface area contributed by atoms with Crippen molar-refractivity contribution >= 4 is 22.6 Å². The van der Waals surface area contributed by atoms with E-state index in [0.29, 0.717) is 19.0 Å². The van der Waals surface area contributed by atoms with Crippen molar-refractivity contribution in [3.05, 3.63) is 48.3 Å². The highest BCUT2D eigenvalue weighted by atomic mass is 32.1. The molecule has 1 fully saturated rings. The number of aromatic nitrogens is 1. The molecule has 3 heterocycles. The minimum atomic E-state index is -0.454. The lowest BCUT2D eigenvalue weighted by atomic mass is 10.1. The first kappa shape index (κ1) is 17.1. The predicted molar refractivity (Wildman–Crippen MR) is 104 cm³/mol. The van der Waals surface area contributed by atoms with Crippen molar-refractivity contribution in [1.82, 2.24) is 9.88 Å². The minimum absolute atomic E-state index is 0.222. The Labute approximate surface area is 157 Å². The van der Waals surface area contributed by atoms with Gasteiger partial charge in [0.05, 0.1) is 4.88 Å². The zero-order valence-electron chi connectivity index (χ0n) is 15.3. The van der Waals surface area contributed by atoms with Gasteiger partial charge in [-0.3, -0.25) is 0 Å². The number of fused-ring (bicyclic) bond motifs is 1. The van der Waals surface area contributed by atoms with Crippen molar-refractivity contribution in [2.75, 3.05) is 24.5 Å². The Morgan fingerprint density at radius 1 is 1.23 bits per heavy atom. The topological polar surface area (TPSA) is 45.7 Å². The first-order valence-corrected chi connectivity index (χ1v) is 9.67. The van der Waals surface area contributed by atoms with E-state index in [-0.39, 0.29) is 6.09 Å². The summed E-state index contributed by atoms with van der Waals surface area (Å²) in [6.07, 6.45) is 3.87. The van der Waals surface area contributed by atoms with Crippen LogP contribution in [0.3, 0.4) is 0 Å². The molecule has 6 heteroatoms. The summed E-state index contributed by atoms with van der Waals surface area (Å²) >= 11 is 1.70. The molecule has 1 aromatic heterocycles. The number of benzene rings is 1. The fourth-order valence-corrected chi connectivity index (χ4v) is 4.25. The summed E-state index contributed by atoms with van der Waals surface area (Å²) in [6.45, 7) is 7.93. The van der Waals surface area contributed by atoms with E-state index in [4.69, 9.17) is 4.74 Å². The third-order valence-corrected chi connectivity index (χ3v) is 5.61. The van der Waals surface area contributed by atoms with Gasteiger partial charge >= 0.3 is 6.09 Å². The number of hydrogen-bond acceptors (Lipinski definition) is 5. The number of thiazole rings is 1. The molecule has 0 bridgehead atoms. The van der Waals surface area contributed by atoms with Gasteiger partial charge in [0.2, 0.25) is 0 Å². The van der Waals surface area contributed by atoms with E-state index in [0.717, 1.165) is 11.7 Å². The van der Waals surface area contributed by atoms with Crippen LogP contribution in [0.1, 0.15) is 20.8 Å². The average Bonchev–Trinajstić information content (AvgIpc) is 3.28. The number of ether oxygens (including phenoxy) is 1. The molecule has 0 N–H and O–H groups in total. The fourth-order valence-electron chi connectivity index (χ4n) is 3.34. The van der Waals surface area contributed by atoms with Crippen LogP contribution in [0.4, 0.5) is 9.93 Å². The molecule has 1 amide bonds. The van der Waals surface area contributed by atoms with Gasteiger partial charge in [0.25, 0.3) is 0 Å². The maximum absolute atomic E-state index is 12.3. The van der Waals surface area contributed by atoms with Crippen LogP contribution >= 0.6 is 11.3 Å². The van der Waals surface area contributed by atoms with Crippen LogP contribution in [0.15, 0.2) is 48.3 Å². The van der Waals surface area contributed by atoms with Gasteiger partial charge in [0.15, 0.2) is 5.13 Å². The Balaban J connectivity index is 1.44. The second kappa shape index (κ2) is 6.43. The zero-order valence-corrected chi connectivity index (χ0v) is 16.1. The van der Waals surface area contributed by atoms with Crippen LogP contribution in [0.2, 0.25) is 0 Å². The molecule has 5 nitrogen and oxygen atoms in total. The summed E-state index contributed by atoms with van der Waals surface area (Å²) in [4.78, 5) is 22.0. The number of likely N-dealkylation sites (tertiary alicyclic amines) is 1. The number of hydrogen-bond donors (Lipinski definition) is 0. The van der Waals surface area contributed by atoms with Crippen LogP contribution in [0.25, 0.3) is 10.4 Å². The van der Waals surface area contributed by atoms with E-state index in [1.807, 2.05) is 45.2 Å². The molecular formula is C20H23N3O2S. The van der Waals surface area contributed by atoms with Crippen molar-refractivity contribution in [2.45, 2.75) is 26.4 Å². The molecule has 2 aromatic rings. The van der Waals surface area contributed by atoms with Crippen molar-refractivity contribution in [2.24, 2.45) is 5.92 Å². The smallest absolute Gasteiger partial charge is 0.410 e. The highest BCUT2D eigenvalue weighted by Gasteiger charge is 2.38. The quantitative estimate of drug-likeness (QED) is 0.788. The number of carbonyl (C=O) groups is 1. The maximum Gasteiger partial charge on any atom is 0.410 e. The molecule has 26 heavy (non-hydrogen) atoms. The standard InChI is InChI=1S/C20H23N3O2S/c1-20(2,3)25-19(24)23-12-15-10-22(11-16(15)13-23)18-21-9-17(26-18)14-7-5-4-6-8-14/h4-10,16H,11-13H2,1-3H3. The van der Waals surface area contributed by atoms with E-state index in [9.17, 15) is 4.79 Å². The second-order valence-electron chi connectivity index (χ2n) is 7.79. The van der Waals surface area contributed by atoms with Gasteiger partial charge in [-0.25, -0.2) is 9.78 Å². The fraction of sp³-hybridized carbons (Fsp3) is 0.400. The molecule has 0 spiro atoms. The highest BCUT2D eigenvalue weighted by Crippen LogP contribution is 2.37. The molecule has 0 saturated carbocycles. The van der Waals surface area contributed by atoms with Crippen LogP contribution in [0, 0.1) is 5.92 Å². The molecule has 1 atom stereocenters. The van der Waals surface area contributed by atoms with Crippen LogP contribution in [0.5, 0.6) is 0 Å². The SMILES string of the molecule is CC(C)(C)OC(=O)N1CC2=CN(c3ncc(-c4ccccc4)s3)CC2C1. The summed E-state index contributed by atoms with van der Waals surface area (Å²) < 4.78 is 5.49. The first-order valence-electron chi connectivity index (χ1n) is 8.85. The Morgan fingerprint density at radius 2 is 2.00 bits per heavy atom. The predicted octanol–water partition coefficient (Wildman–Crippen LogP) is 4.38. The van der Waals surface area contributed by atoms with E-state index in [1.54, 1.807) is 16.2 Å². The Morgan fingerprint density at radius 3 is 2.69 bits per heavy atom. The number of amides is 1.